The Balaban J connectivity index is 2.29. The van der Waals surface area contributed by atoms with Gasteiger partial charge in [0.2, 0.25) is 5.82 Å². The van der Waals surface area contributed by atoms with Crippen molar-refractivity contribution in [1.29, 1.82) is 0 Å². The molecule has 0 amide bonds. The molecule has 1 N–H and O–H groups in total. The third kappa shape index (κ3) is 3.34. The second-order valence-corrected chi connectivity index (χ2v) is 5.74. The first-order chi connectivity index (χ1) is 12.5. The lowest BCUT2D eigenvalue weighted by atomic mass is 10.2. The predicted octanol–water partition coefficient (Wildman–Crippen LogP) is 3.25. The number of furan rings is 1. The molecule has 0 radical (unpaired) electrons. The summed E-state index contributed by atoms with van der Waals surface area (Å²) < 4.78 is 18.6. The number of aliphatic hydroxyl groups is 1. The summed E-state index contributed by atoms with van der Waals surface area (Å²) in [7, 11) is 3.18. The van der Waals surface area contributed by atoms with Gasteiger partial charge in [0, 0.05) is 0 Å². The lowest BCUT2D eigenvalue weighted by molar-refractivity contribution is 0.245. The Bertz CT molecular complexity index is 903. The number of aryl methyl sites for hydroxylation is 1. The summed E-state index contributed by atoms with van der Waals surface area (Å²) >= 11 is 0. The molecule has 2 aromatic heterocycles. The number of rotatable bonds is 6. The van der Waals surface area contributed by atoms with Gasteiger partial charge in [0.05, 0.1) is 20.3 Å². The van der Waals surface area contributed by atoms with Gasteiger partial charge >= 0.3 is 0 Å². The molecule has 0 spiro atoms. The highest BCUT2D eigenvalue weighted by Gasteiger charge is 2.22. The van der Waals surface area contributed by atoms with Gasteiger partial charge in [-0.05, 0) is 44.2 Å². The van der Waals surface area contributed by atoms with E-state index in [1.807, 2.05) is 37.3 Å². The first-order valence-electron chi connectivity index (χ1n) is 8.15. The molecule has 1 aromatic carbocycles. The minimum Gasteiger partial charge on any atom is -0.494 e. The van der Waals surface area contributed by atoms with Gasteiger partial charge in [0.25, 0.3) is 0 Å². The number of hydrogen-bond acceptors (Lipinski definition) is 6. The Morgan fingerprint density at radius 2 is 1.81 bits per heavy atom. The van der Waals surface area contributed by atoms with Crippen molar-refractivity contribution in [3.8, 4) is 28.8 Å². The molecule has 7 nitrogen and oxygen atoms in total. The molecule has 7 heteroatoms. The minimum absolute atomic E-state index is 0.506. The number of aliphatic hydroxyl groups excluding tert-OH is 1. The number of hydrogen-bond donors (Lipinski definition) is 1. The van der Waals surface area contributed by atoms with Crippen molar-refractivity contribution in [2.45, 2.75) is 20.0 Å². The van der Waals surface area contributed by atoms with Crippen LogP contribution in [0.2, 0.25) is 0 Å². The number of ether oxygens (including phenoxy) is 2. The van der Waals surface area contributed by atoms with Crippen LogP contribution in [0.15, 0.2) is 40.8 Å². The lowest BCUT2D eigenvalue weighted by Gasteiger charge is -2.16. The summed E-state index contributed by atoms with van der Waals surface area (Å²) in [4.78, 5) is 0. The first kappa shape index (κ1) is 17.8. The second kappa shape index (κ2) is 7.45. The van der Waals surface area contributed by atoms with Gasteiger partial charge in [-0.15, -0.1) is 10.2 Å². The fourth-order valence-electron chi connectivity index (χ4n) is 2.62. The zero-order valence-corrected chi connectivity index (χ0v) is 15.1. The smallest absolute Gasteiger partial charge is 0.204 e. The highest BCUT2D eigenvalue weighted by atomic mass is 16.5. The summed E-state index contributed by atoms with van der Waals surface area (Å²) in [6.07, 6.45) is 2.71. The normalized spacial score (nSPS) is 12.5. The quantitative estimate of drug-likeness (QED) is 0.731. The van der Waals surface area contributed by atoms with E-state index in [0.717, 1.165) is 5.76 Å². The molecule has 2 heterocycles. The highest BCUT2D eigenvalue weighted by molar-refractivity contribution is 5.65. The molecule has 1 unspecified atom stereocenters. The number of nitrogens with zero attached hydrogens (tertiary/aromatic N) is 3. The summed E-state index contributed by atoms with van der Waals surface area (Å²) in [5, 5.41) is 18.1. The van der Waals surface area contributed by atoms with Crippen LogP contribution < -0.4 is 9.47 Å². The van der Waals surface area contributed by atoms with Crippen molar-refractivity contribution in [2.75, 3.05) is 14.2 Å². The van der Waals surface area contributed by atoms with Crippen molar-refractivity contribution >= 4 is 6.08 Å². The Kier molecular flexibility index (Phi) is 5.09. The van der Waals surface area contributed by atoms with Crippen LogP contribution in [0.25, 0.3) is 23.3 Å². The van der Waals surface area contributed by atoms with E-state index in [0.29, 0.717) is 34.6 Å². The molecule has 0 saturated carbocycles. The number of para-hydroxylation sites is 1. The van der Waals surface area contributed by atoms with E-state index in [4.69, 9.17) is 13.9 Å². The first-order valence-corrected chi connectivity index (χ1v) is 8.15. The summed E-state index contributed by atoms with van der Waals surface area (Å²) in [6, 6.07) is 9.20. The summed E-state index contributed by atoms with van der Waals surface area (Å²) in [5.74, 6) is 3.55. The molecular weight excluding hydrogens is 334 g/mol. The minimum atomic E-state index is -0.617. The van der Waals surface area contributed by atoms with Crippen LogP contribution in [0.3, 0.4) is 0 Å². The SMILES string of the molecule is COc1cccc(OC)c1-n1c(/C=C/C(C)O)nnc1-c1ccc(C)o1. The van der Waals surface area contributed by atoms with Gasteiger partial charge in [-0.3, -0.25) is 4.57 Å². The van der Waals surface area contributed by atoms with E-state index >= 15 is 0 Å². The molecule has 136 valence electrons. The van der Waals surface area contributed by atoms with Crippen LogP contribution in [-0.2, 0) is 0 Å². The highest BCUT2D eigenvalue weighted by Crippen LogP contribution is 2.36. The molecular formula is C19H21N3O4. The number of methoxy groups -OCH3 is 2. The van der Waals surface area contributed by atoms with Crippen LogP contribution >= 0.6 is 0 Å². The molecule has 1 atom stereocenters. The van der Waals surface area contributed by atoms with Crippen LogP contribution in [0.5, 0.6) is 11.5 Å². The Morgan fingerprint density at radius 1 is 1.12 bits per heavy atom. The maximum absolute atomic E-state index is 9.59. The average molecular weight is 355 g/mol. The van der Waals surface area contributed by atoms with Crippen molar-refractivity contribution in [3.63, 3.8) is 0 Å². The van der Waals surface area contributed by atoms with Crippen molar-refractivity contribution < 1.29 is 19.0 Å². The lowest BCUT2D eigenvalue weighted by Crippen LogP contribution is -2.05. The Labute approximate surface area is 151 Å². The van der Waals surface area contributed by atoms with Crippen LogP contribution in [0.1, 0.15) is 18.5 Å². The fraction of sp³-hybridized carbons (Fsp3) is 0.263. The largest absolute Gasteiger partial charge is 0.494 e. The van der Waals surface area contributed by atoms with Gasteiger partial charge in [0.1, 0.15) is 22.9 Å². The standard InChI is InChI=1S/C19H21N3O4/c1-12(23)8-11-17-20-21-19(16-10-9-13(2)26-16)22(17)18-14(24-3)6-5-7-15(18)25-4/h5-12,23H,1-4H3/b11-8+. The molecule has 0 aliphatic carbocycles. The van der Waals surface area contributed by atoms with Crippen molar-refractivity contribution in [3.05, 3.63) is 48.0 Å². The van der Waals surface area contributed by atoms with Gasteiger partial charge in [-0.25, -0.2) is 0 Å². The Morgan fingerprint density at radius 3 is 2.35 bits per heavy atom. The topological polar surface area (TPSA) is 82.5 Å². The van der Waals surface area contributed by atoms with E-state index in [1.54, 1.807) is 37.9 Å². The zero-order chi connectivity index (χ0) is 18.7. The third-order valence-electron chi connectivity index (χ3n) is 3.80. The van der Waals surface area contributed by atoms with Crippen LogP contribution in [-0.4, -0.2) is 40.2 Å². The second-order valence-electron chi connectivity index (χ2n) is 5.74. The van der Waals surface area contributed by atoms with Crippen molar-refractivity contribution in [2.24, 2.45) is 0 Å². The molecule has 0 saturated heterocycles. The monoisotopic (exact) mass is 355 g/mol. The van der Waals surface area contributed by atoms with E-state index in [1.165, 1.54) is 0 Å². The molecule has 3 rings (SSSR count). The van der Waals surface area contributed by atoms with Crippen LogP contribution in [0, 0.1) is 6.92 Å². The maximum atomic E-state index is 9.59. The van der Waals surface area contributed by atoms with E-state index < -0.39 is 6.10 Å². The molecule has 0 aliphatic heterocycles. The Hall–Kier alpha value is -3.06. The molecule has 3 aromatic rings. The van der Waals surface area contributed by atoms with Gasteiger partial charge in [0.15, 0.2) is 11.6 Å². The molecule has 0 fully saturated rings. The van der Waals surface area contributed by atoms with Crippen molar-refractivity contribution in [1.82, 2.24) is 14.8 Å². The van der Waals surface area contributed by atoms with Crippen LogP contribution in [0.4, 0.5) is 0 Å². The summed E-state index contributed by atoms with van der Waals surface area (Å²) in [6.45, 7) is 3.53. The van der Waals surface area contributed by atoms with Gasteiger partial charge in [-0.2, -0.15) is 0 Å². The predicted molar refractivity (Wildman–Crippen MR) is 97.6 cm³/mol. The van der Waals surface area contributed by atoms with Gasteiger partial charge in [-0.1, -0.05) is 12.1 Å². The summed E-state index contributed by atoms with van der Waals surface area (Å²) in [5.41, 5.74) is 0.650. The van der Waals surface area contributed by atoms with Gasteiger partial charge < -0.3 is 19.0 Å². The molecule has 0 bridgehead atoms. The number of aromatic nitrogens is 3. The fourth-order valence-corrected chi connectivity index (χ4v) is 2.62. The molecule has 26 heavy (non-hydrogen) atoms. The average Bonchev–Trinajstić information content (AvgIpc) is 3.24. The zero-order valence-electron chi connectivity index (χ0n) is 15.1. The maximum Gasteiger partial charge on any atom is 0.204 e. The van der Waals surface area contributed by atoms with E-state index in [2.05, 4.69) is 10.2 Å². The van der Waals surface area contributed by atoms with E-state index in [-0.39, 0.29) is 0 Å². The third-order valence-corrected chi connectivity index (χ3v) is 3.80. The molecule has 0 aliphatic rings. The number of benzene rings is 1. The van der Waals surface area contributed by atoms with E-state index in [9.17, 15) is 5.11 Å².